The minimum absolute atomic E-state index is 0.0586. The van der Waals surface area contributed by atoms with Crippen LogP contribution in [-0.2, 0) is 0 Å². The molecular weight excluding hydrogens is 318 g/mol. The molecule has 1 fully saturated rings. The molecule has 1 saturated carbocycles. The van der Waals surface area contributed by atoms with Crippen molar-refractivity contribution >= 4 is 27.4 Å². The summed E-state index contributed by atoms with van der Waals surface area (Å²) in [5, 5.41) is 7.46. The molecule has 3 rings (SSSR count). The molecular formula is C15H18BrN3O. The molecule has 2 aromatic rings. The van der Waals surface area contributed by atoms with Crippen molar-refractivity contribution in [2.45, 2.75) is 44.6 Å². The number of carbonyl (C=O) groups is 1. The number of nitrogens with one attached hydrogen (secondary N) is 1. The lowest BCUT2D eigenvalue weighted by Crippen LogP contribution is -2.34. The fraction of sp³-hybridized carbons (Fsp3) is 0.467. The van der Waals surface area contributed by atoms with E-state index in [0.29, 0.717) is 11.7 Å². The monoisotopic (exact) mass is 335 g/mol. The average molecular weight is 336 g/mol. The summed E-state index contributed by atoms with van der Waals surface area (Å²) in [4.78, 5) is 12.3. The third-order valence-electron chi connectivity index (χ3n) is 3.85. The van der Waals surface area contributed by atoms with Gasteiger partial charge in [0.25, 0.3) is 5.91 Å². The fourth-order valence-corrected chi connectivity index (χ4v) is 3.08. The normalized spacial score (nSPS) is 17.1. The van der Waals surface area contributed by atoms with E-state index in [1.165, 1.54) is 25.7 Å². The van der Waals surface area contributed by atoms with E-state index >= 15 is 0 Å². The summed E-state index contributed by atoms with van der Waals surface area (Å²) < 4.78 is 2.68. The molecule has 2 aromatic heterocycles. The Kier molecular flexibility index (Phi) is 4.05. The Hall–Kier alpha value is -1.36. The standard InChI is InChI=1S/C15H18BrN3O/c16-11-7-8-13-9-14(18-19(13)10-11)15(20)17-12-5-3-1-2-4-6-12/h7-10,12H,1-6H2,(H,17,20). The number of pyridine rings is 1. The minimum Gasteiger partial charge on any atom is -0.348 e. The SMILES string of the molecule is O=C(NC1CCCCCC1)c1cc2ccc(Br)cn2n1. The van der Waals surface area contributed by atoms with Crippen molar-refractivity contribution in [2.24, 2.45) is 0 Å². The van der Waals surface area contributed by atoms with Crippen molar-refractivity contribution in [3.05, 3.63) is 34.6 Å². The van der Waals surface area contributed by atoms with Crippen LogP contribution in [-0.4, -0.2) is 21.6 Å². The van der Waals surface area contributed by atoms with Crippen LogP contribution in [0.2, 0.25) is 0 Å². The summed E-state index contributed by atoms with van der Waals surface area (Å²) >= 11 is 3.41. The van der Waals surface area contributed by atoms with Gasteiger partial charge in [-0.2, -0.15) is 5.10 Å². The summed E-state index contributed by atoms with van der Waals surface area (Å²) in [6.07, 6.45) is 9.03. The predicted octanol–water partition coefficient (Wildman–Crippen LogP) is 3.55. The Morgan fingerprint density at radius 3 is 2.75 bits per heavy atom. The van der Waals surface area contributed by atoms with E-state index in [0.717, 1.165) is 22.8 Å². The Morgan fingerprint density at radius 1 is 1.25 bits per heavy atom. The summed E-state index contributed by atoms with van der Waals surface area (Å²) in [6.45, 7) is 0. The van der Waals surface area contributed by atoms with Crippen LogP contribution in [0.4, 0.5) is 0 Å². The van der Waals surface area contributed by atoms with E-state index in [-0.39, 0.29) is 5.91 Å². The first-order valence-corrected chi connectivity index (χ1v) is 7.97. The number of aromatic nitrogens is 2. The number of amides is 1. The van der Waals surface area contributed by atoms with Crippen LogP contribution in [0.5, 0.6) is 0 Å². The maximum Gasteiger partial charge on any atom is 0.272 e. The van der Waals surface area contributed by atoms with Gasteiger partial charge in [0.2, 0.25) is 0 Å². The minimum atomic E-state index is -0.0586. The third-order valence-corrected chi connectivity index (χ3v) is 4.32. The molecule has 0 aliphatic heterocycles. The zero-order valence-electron chi connectivity index (χ0n) is 11.3. The lowest BCUT2D eigenvalue weighted by Gasteiger charge is -2.14. The van der Waals surface area contributed by atoms with Crippen LogP contribution in [0, 0.1) is 0 Å². The van der Waals surface area contributed by atoms with E-state index in [1.54, 1.807) is 4.52 Å². The lowest BCUT2D eigenvalue weighted by molar-refractivity contribution is 0.0928. The number of fused-ring (bicyclic) bond motifs is 1. The molecule has 0 bridgehead atoms. The summed E-state index contributed by atoms with van der Waals surface area (Å²) in [5.41, 5.74) is 1.42. The molecule has 1 amide bonds. The topological polar surface area (TPSA) is 46.4 Å². The lowest BCUT2D eigenvalue weighted by atomic mass is 10.1. The summed E-state index contributed by atoms with van der Waals surface area (Å²) in [5.74, 6) is -0.0586. The molecule has 20 heavy (non-hydrogen) atoms. The van der Waals surface area contributed by atoms with Gasteiger partial charge in [-0.1, -0.05) is 25.7 Å². The van der Waals surface area contributed by atoms with E-state index in [4.69, 9.17) is 0 Å². The van der Waals surface area contributed by atoms with Gasteiger partial charge in [0.15, 0.2) is 5.69 Å². The van der Waals surface area contributed by atoms with E-state index in [2.05, 4.69) is 26.3 Å². The van der Waals surface area contributed by atoms with Gasteiger partial charge in [0.1, 0.15) is 0 Å². The first kappa shape index (κ1) is 13.6. The van der Waals surface area contributed by atoms with Crippen molar-refractivity contribution in [1.82, 2.24) is 14.9 Å². The van der Waals surface area contributed by atoms with Crippen LogP contribution in [0.1, 0.15) is 49.0 Å². The maximum atomic E-state index is 12.3. The van der Waals surface area contributed by atoms with Crippen LogP contribution in [0.3, 0.4) is 0 Å². The number of halogens is 1. The van der Waals surface area contributed by atoms with Gasteiger partial charge >= 0.3 is 0 Å². The summed E-state index contributed by atoms with van der Waals surface area (Å²) in [6, 6.07) is 6.03. The first-order valence-electron chi connectivity index (χ1n) is 7.18. The number of hydrogen-bond acceptors (Lipinski definition) is 2. The molecule has 0 spiro atoms. The van der Waals surface area contributed by atoms with Crippen molar-refractivity contribution in [3.63, 3.8) is 0 Å². The van der Waals surface area contributed by atoms with Crippen molar-refractivity contribution < 1.29 is 4.79 Å². The summed E-state index contributed by atoms with van der Waals surface area (Å²) in [7, 11) is 0. The zero-order chi connectivity index (χ0) is 13.9. The average Bonchev–Trinajstić information content (AvgIpc) is 2.68. The Labute approximate surface area is 126 Å². The molecule has 0 saturated heterocycles. The van der Waals surface area contributed by atoms with Gasteiger partial charge in [0, 0.05) is 16.7 Å². The fourth-order valence-electron chi connectivity index (χ4n) is 2.76. The van der Waals surface area contributed by atoms with Crippen molar-refractivity contribution in [2.75, 3.05) is 0 Å². The number of carbonyl (C=O) groups excluding carboxylic acids is 1. The molecule has 0 unspecified atom stereocenters. The highest BCUT2D eigenvalue weighted by molar-refractivity contribution is 9.10. The third kappa shape index (κ3) is 3.03. The largest absolute Gasteiger partial charge is 0.348 e. The van der Waals surface area contributed by atoms with Crippen LogP contribution >= 0.6 is 15.9 Å². The van der Waals surface area contributed by atoms with Gasteiger partial charge < -0.3 is 5.32 Å². The molecule has 5 heteroatoms. The predicted molar refractivity (Wildman–Crippen MR) is 81.8 cm³/mol. The molecule has 1 aliphatic rings. The molecule has 0 atom stereocenters. The van der Waals surface area contributed by atoms with Crippen molar-refractivity contribution in [1.29, 1.82) is 0 Å². The molecule has 2 heterocycles. The molecule has 4 nitrogen and oxygen atoms in total. The van der Waals surface area contributed by atoms with Crippen LogP contribution in [0.15, 0.2) is 28.9 Å². The molecule has 106 valence electrons. The van der Waals surface area contributed by atoms with Gasteiger partial charge in [-0.25, -0.2) is 4.52 Å². The second kappa shape index (κ2) is 5.95. The Bertz CT molecular complexity index is 615. The van der Waals surface area contributed by atoms with E-state index in [9.17, 15) is 4.79 Å². The Morgan fingerprint density at radius 2 is 2.00 bits per heavy atom. The number of rotatable bonds is 2. The van der Waals surface area contributed by atoms with Gasteiger partial charge in [-0.15, -0.1) is 0 Å². The van der Waals surface area contributed by atoms with Crippen LogP contribution < -0.4 is 5.32 Å². The maximum absolute atomic E-state index is 12.3. The van der Waals surface area contributed by atoms with Crippen molar-refractivity contribution in [3.8, 4) is 0 Å². The Balaban J connectivity index is 1.74. The van der Waals surface area contributed by atoms with E-state index < -0.39 is 0 Å². The highest BCUT2D eigenvalue weighted by Crippen LogP contribution is 2.18. The van der Waals surface area contributed by atoms with Gasteiger partial charge in [0.05, 0.1) is 5.52 Å². The smallest absolute Gasteiger partial charge is 0.272 e. The number of hydrogen-bond donors (Lipinski definition) is 1. The first-order chi connectivity index (χ1) is 9.72. The number of nitrogens with zero attached hydrogens (tertiary/aromatic N) is 2. The van der Waals surface area contributed by atoms with Gasteiger partial charge in [-0.05, 0) is 47.0 Å². The molecule has 1 aliphatic carbocycles. The highest BCUT2D eigenvalue weighted by atomic mass is 79.9. The molecule has 0 aromatic carbocycles. The molecule has 1 N–H and O–H groups in total. The zero-order valence-corrected chi connectivity index (χ0v) is 12.9. The second-order valence-electron chi connectivity index (χ2n) is 5.41. The van der Waals surface area contributed by atoms with Gasteiger partial charge in [-0.3, -0.25) is 4.79 Å². The second-order valence-corrected chi connectivity index (χ2v) is 6.32. The quantitative estimate of drug-likeness (QED) is 0.853. The molecule has 0 radical (unpaired) electrons. The highest BCUT2D eigenvalue weighted by Gasteiger charge is 2.17. The van der Waals surface area contributed by atoms with Crippen LogP contribution in [0.25, 0.3) is 5.52 Å². The van der Waals surface area contributed by atoms with E-state index in [1.807, 2.05) is 24.4 Å².